The van der Waals surface area contributed by atoms with Gasteiger partial charge in [0.05, 0.1) is 0 Å². The van der Waals surface area contributed by atoms with Gasteiger partial charge in [-0.2, -0.15) is 0 Å². The van der Waals surface area contributed by atoms with Crippen molar-refractivity contribution in [3.63, 3.8) is 0 Å². The smallest absolute Gasteiger partial charge is 0.167 e. The molecule has 1 fully saturated rings. The maximum Gasteiger partial charge on any atom is 0.167 e. The number of piperidine rings is 1. The van der Waals surface area contributed by atoms with E-state index in [-0.39, 0.29) is 24.2 Å². The summed E-state index contributed by atoms with van der Waals surface area (Å²) in [6.45, 7) is 1.98. The molecule has 0 saturated carbocycles. The molecule has 1 heterocycles. The minimum absolute atomic E-state index is 0. The third-order valence-corrected chi connectivity index (χ3v) is 4.25. The number of Topliss-reactive ketones (excluding diaryl/α,β-unsaturated/α-hetero) is 1. The second-order valence-electron chi connectivity index (χ2n) is 5.90. The summed E-state index contributed by atoms with van der Waals surface area (Å²) in [7, 11) is 1.97. The number of nitrogens with zero attached hydrogens (tertiary/aromatic N) is 1. The van der Waals surface area contributed by atoms with Crippen LogP contribution in [0.5, 0.6) is 0 Å². The van der Waals surface area contributed by atoms with Crippen molar-refractivity contribution in [2.75, 3.05) is 13.6 Å². The molecule has 21 heavy (non-hydrogen) atoms. The van der Waals surface area contributed by atoms with E-state index in [1.807, 2.05) is 25.2 Å². The predicted octanol–water partition coefficient (Wildman–Crippen LogP) is 2.96. The Labute approximate surface area is 131 Å². The van der Waals surface area contributed by atoms with Gasteiger partial charge >= 0.3 is 0 Å². The van der Waals surface area contributed by atoms with Crippen LogP contribution >= 0.6 is 12.4 Å². The molecule has 112 valence electrons. The van der Waals surface area contributed by atoms with Crippen molar-refractivity contribution in [2.45, 2.75) is 25.0 Å². The standard InChI is InChI=1S/C17H19NO2.ClH/c1-17(20)11-18(2)15(10-16(17)19)14-9-5-7-12-6-3-4-8-13(12)14;/h3-9,15,20H,10-11H2,1-2H3;1H/t15-,17+;/m0./s1. The van der Waals surface area contributed by atoms with E-state index in [9.17, 15) is 9.90 Å². The van der Waals surface area contributed by atoms with Gasteiger partial charge in [0.1, 0.15) is 5.60 Å². The van der Waals surface area contributed by atoms with E-state index in [4.69, 9.17) is 0 Å². The Morgan fingerprint density at radius 3 is 2.62 bits per heavy atom. The van der Waals surface area contributed by atoms with Crippen molar-refractivity contribution in [1.82, 2.24) is 4.90 Å². The van der Waals surface area contributed by atoms with E-state index in [1.165, 1.54) is 10.8 Å². The zero-order valence-corrected chi connectivity index (χ0v) is 13.1. The molecule has 0 radical (unpaired) electrons. The minimum atomic E-state index is -1.23. The minimum Gasteiger partial charge on any atom is -0.381 e. The van der Waals surface area contributed by atoms with Crippen molar-refractivity contribution in [3.05, 3.63) is 48.0 Å². The van der Waals surface area contributed by atoms with Crippen LogP contribution in [-0.4, -0.2) is 35.0 Å². The normalized spacial score (nSPS) is 26.6. The molecule has 4 heteroatoms. The summed E-state index contributed by atoms with van der Waals surface area (Å²) < 4.78 is 0. The number of carbonyl (C=O) groups excluding carboxylic acids is 1. The highest BCUT2D eigenvalue weighted by Gasteiger charge is 2.40. The number of carbonyl (C=O) groups is 1. The fraction of sp³-hybridized carbons (Fsp3) is 0.353. The molecule has 0 unspecified atom stereocenters. The first-order valence-electron chi connectivity index (χ1n) is 6.92. The highest BCUT2D eigenvalue weighted by Crippen LogP contribution is 2.35. The topological polar surface area (TPSA) is 40.5 Å². The Morgan fingerprint density at radius 2 is 1.86 bits per heavy atom. The first kappa shape index (κ1) is 16.0. The summed E-state index contributed by atoms with van der Waals surface area (Å²) >= 11 is 0. The fourth-order valence-corrected chi connectivity index (χ4v) is 3.12. The van der Waals surface area contributed by atoms with Crippen LogP contribution in [0.15, 0.2) is 42.5 Å². The van der Waals surface area contributed by atoms with Gasteiger partial charge in [-0.1, -0.05) is 42.5 Å². The Balaban J connectivity index is 0.00000161. The quantitative estimate of drug-likeness (QED) is 0.880. The molecule has 0 bridgehead atoms. The second kappa shape index (κ2) is 5.76. The Bertz CT molecular complexity index is 663. The molecule has 1 aliphatic rings. The van der Waals surface area contributed by atoms with Crippen molar-refractivity contribution < 1.29 is 9.90 Å². The third kappa shape index (κ3) is 2.82. The van der Waals surface area contributed by atoms with Crippen molar-refractivity contribution in [3.8, 4) is 0 Å². The zero-order chi connectivity index (χ0) is 14.3. The summed E-state index contributed by atoms with van der Waals surface area (Å²) in [4.78, 5) is 14.2. The van der Waals surface area contributed by atoms with Gasteiger partial charge in [0, 0.05) is 19.0 Å². The Morgan fingerprint density at radius 1 is 1.19 bits per heavy atom. The highest BCUT2D eigenvalue weighted by atomic mass is 35.5. The summed E-state index contributed by atoms with van der Waals surface area (Å²) in [5.74, 6) is -0.0754. The predicted molar refractivity (Wildman–Crippen MR) is 86.8 cm³/mol. The van der Waals surface area contributed by atoms with E-state index < -0.39 is 5.60 Å². The zero-order valence-electron chi connectivity index (χ0n) is 12.2. The number of aliphatic hydroxyl groups is 1. The number of likely N-dealkylation sites (N-methyl/N-ethyl adjacent to an activating group) is 1. The van der Waals surface area contributed by atoms with Crippen LogP contribution in [0.25, 0.3) is 10.8 Å². The van der Waals surface area contributed by atoms with Crippen LogP contribution in [0, 0.1) is 0 Å². The number of rotatable bonds is 1. The Hall–Kier alpha value is -1.42. The van der Waals surface area contributed by atoms with Crippen LogP contribution < -0.4 is 0 Å². The lowest BCUT2D eigenvalue weighted by Gasteiger charge is -2.40. The molecule has 0 spiro atoms. The van der Waals surface area contributed by atoms with Crippen LogP contribution in [-0.2, 0) is 4.79 Å². The molecule has 0 amide bonds. The second-order valence-corrected chi connectivity index (χ2v) is 5.90. The molecule has 1 saturated heterocycles. The lowest BCUT2D eigenvalue weighted by Crippen LogP contribution is -2.52. The maximum atomic E-state index is 12.1. The summed E-state index contributed by atoms with van der Waals surface area (Å²) in [6, 6.07) is 14.4. The van der Waals surface area contributed by atoms with E-state index in [0.29, 0.717) is 13.0 Å². The molecule has 2 aromatic carbocycles. The summed E-state index contributed by atoms with van der Waals surface area (Å²) in [5, 5.41) is 12.5. The number of likely N-dealkylation sites (tertiary alicyclic amines) is 1. The van der Waals surface area contributed by atoms with Crippen LogP contribution in [0.3, 0.4) is 0 Å². The van der Waals surface area contributed by atoms with Gasteiger partial charge < -0.3 is 5.11 Å². The average Bonchev–Trinajstić information content (AvgIpc) is 2.42. The van der Waals surface area contributed by atoms with E-state index in [1.54, 1.807) is 6.92 Å². The van der Waals surface area contributed by atoms with Crippen LogP contribution in [0.4, 0.5) is 0 Å². The first-order valence-corrected chi connectivity index (χ1v) is 6.92. The lowest BCUT2D eigenvalue weighted by atomic mass is 9.85. The lowest BCUT2D eigenvalue weighted by molar-refractivity contribution is -0.144. The Kier molecular flexibility index (Phi) is 4.38. The number of hydrogen-bond donors (Lipinski definition) is 1. The van der Waals surface area contributed by atoms with Crippen molar-refractivity contribution in [2.24, 2.45) is 0 Å². The van der Waals surface area contributed by atoms with Gasteiger partial charge in [0.25, 0.3) is 0 Å². The number of hydrogen-bond acceptors (Lipinski definition) is 3. The van der Waals surface area contributed by atoms with Crippen LogP contribution in [0.1, 0.15) is 24.9 Å². The van der Waals surface area contributed by atoms with Gasteiger partial charge in [0.2, 0.25) is 0 Å². The first-order chi connectivity index (χ1) is 9.49. The number of ketones is 1. The van der Waals surface area contributed by atoms with Gasteiger partial charge in [-0.3, -0.25) is 9.69 Å². The van der Waals surface area contributed by atoms with Gasteiger partial charge in [-0.15, -0.1) is 12.4 Å². The number of β-amino-alcohol motifs (C(OH)–C–C–N with tert-alkyl or cyclic N) is 1. The van der Waals surface area contributed by atoms with Gasteiger partial charge in [0.15, 0.2) is 5.78 Å². The molecule has 2 atom stereocenters. The maximum absolute atomic E-state index is 12.1. The number of halogens is 1. The van der Waals surface area contributed by atoms with Gasteiger partial charge in [-0.05, 0) is 30.3 Å². The van der Waals surface area contributed by atoms with Crippen molar-refractivity contribution in [1.29, 1.82) is 0 Å². The number of benzene rings is 2. The highest BCUT2D eigenvalue weighted by molar-refractivity contribution is 5.90. The average molecular weight is 306 g/mol. The SMILES string of the molecule is CN1C[C@@](C)(O)C(=O)C[C@H]1c1cccc2ccccc12.Cl. The summed E-state index contributed by atoms with van der Waals surface area (Å²) in [5.41, 5.74) is -0.0648. The summed E-state index contributed by atoms with van der Waals surface area (Å²) in [6.07, 6.45) is 0.359. The molecular weight excluding hydrogens is 286 g/mol. The molecule has 0 aromatic heterocycles. The molecule has 2 aromatic rings. The van der Waals surface area contributed by atoms with Gasteiger partial charge in [-0.25, -0.2) is 0 Å². The fourth-order valence-electron chi connectivity index (χ4n) is 3.12. The molecule has 3 rings (SSSR count). The molecule has 1 N–H and O–H groups in total. The monoisotopic (exact) mass is 305 g/mol. The molecular formula is C17H20ClNO2. The van der Waals surface area contributed by atoms with E-state index in [0.717, 1.165) is 5.56 Å². The van der Waals surface area contributed by atoms with Crippen LogP contribution in [0.2, 0.25) is 0 Å². The third-order valence-electron chi connectivity index (χ3n) is 4.25. The number of fused-ring (bicyclic) bond motifs is 1. The molecule has 0 aliphatic carbocycles. The van der Waals surface area contributed by atoms with E-state index in [2.05, 4.69) is 29.2 Å². The van der Waals surface area contributed by atoms with Crippen molar-refractivity contribution >= 4 is 29.0 Å². The largest absolute Gasteiger partial charge is 0.381 e. The molecule has 3 nitrogen and oxygen atoms in total. The van der Waals surface area contributed by atoms with E-state index >= 15 is 0 Å². The molecule has 1 aliphatic heterocycles.